The number of carbonyl (C=O) groups excluding carboxylic acids is 1. The highest BCUT2D eigenvalue weighted by atomic mass is 79.9. The van der Waals surface area contributed by atoms with E-state index in [-0.39, 0.29) is 5.91 Å². The molecule has 1 amide bonds. The first-order valence-corrected chi connectivity index (χ1v) is 6.43. The summed E-state index contributed by atoms with van der Waals surface area (Å²) in [6, 6.07) is 1.96. The lowest BCUT2D eigenvalue weighted by Crippen LogP contribution is -2.26. The van der Waals surface area contributed by atoms with E-state index in [4.69, 9.17) is 0 Å². The van der Waals surface area contributed by atoms with Crippen molar-refractivity contribution in [1.82, 2.24) is 25.3 Å². The van der Waals surface area contributed by atoms with Gasteiger partial charge in [-0.3, -0.25) is 14.6 Å². The fourth-order valence-corrected chi connectivity index (χ4v) is 1.92. The van der Waals surface area contributed by atoms with Crippen molar-refractivity contribution < 1.29 is 4.79 Å². The molecule has 0 radical (unpaired) electrons. The predicted molar refractivity (Wildman–Crippen MR) is 70.2 cm³/mol. The van der Waals surface area contributed by atoms with Crippen LogP contribution in [0.5, 0.6) is 0 Å². The quantitative estimate of drug-likeness (QED) is 0.822. The molecule has 0 unspecified atom stereocenters. The summed E-state index contributed by atoms with van der Waals surface area (Å²) in [5.74, 6) is -0.156. The van der Waals surface area contributed by atoms with Gasteiger partial charge in [-0.25, -0.2) is 0 Å². The minimum Gasteiger partial charge on any atom is -0.351 e. The summed E-state index contributed by atoms with van der Waals surface area (Å²) < 4.78 is 2.54. The topological polar surface area (TPSA) is 75.6 Å². The van der Waals surface area contributed by atoms with Crippen LogP contribution >= 0.6 is 15.9 Å². The van der Waals surface area contributed by atoms with E-state index in [1.807, 2.05) is 23.9 Å². The van der Waals surface area contributed by atoms with Gasteiger partial charge in [0.15, 0.2) is 0 Å². The minimum absolute atomic E-state index is 0.156. The Balaban J connectivity index is 1.73. The molecular formula is C11H14BrN5O. The molecular weight excluding hydrogens is 298 g/mol. The number of halogens is 1. The van der Waals surface area contributed by atoms with E-state index in [1.54, 1.807) is 6.20 Å². The lowest BCUT2D eigenvalue weighted by atomic mass is 10.3. The van der Waals surface area contributed by atoms with Gasteiger partial charge in [0.25, 0.3) is 5.91 Å². The third-order valence-electron chi connectivity index (χ3n) is 2.44. The van der Waals surface area contributed by atoms with Crippen LogP contribution in [-0.2, 0) is 6.54 Å². The highest BCUT2D eigenvalue weighted by molar-refractivity contribution is 9.10. The molecule has 0 aliphatic carbocycles. The van der Waals surface area contributed by atoms with Gasteiger partial charge in [0.1, 0.15) is 5.69 Å². The molecule has 96 valence electrons. The van der Waals surface area contributed by atoms with Crippen molar-refractivity contribution >= 4 is 21.8 Å². The van der Waals surface area contributed by atoms with Gasteiger partial charge in [-0.1, -0.05) is 0 Å². The summed E-state index contributed by atoms with van der Waals surface area (Å²) in [5.41, 5.74) is 1.45. The number of hydrogen-bond acceptors (Lipinski definition) is 3. The normalized spacial score (nSPS) is 10.6. The number of amides is 1. The van der Waals surface area contributed by atoms with Crippen LogP contribution in [0.25, 0.3) is 0 Å². The molecule has 0 spiro atoms. The smallest absolute Gasteiger partial charge is 0.270 e. The molecule has 2 aromatic rings. The van der Waals surface area contributed by atoms with Gasteiger partial charge >= 0.3 is 0 Å². The molecule has 0 atom stereocenters. The average molecular weight is 312 g/mol. The van der Waals surface area contributed by atoms with Crippen molar-refractivity contribution in [1.29, 1.82) is 0 Å². The third kappa shape index (κ3) is 3.19. The molecule has 18 heavy (non-hydrogen) atoms. The Bertz CT molecular complexity index is 533. The van der Waals surface area contributed by atoms with E-state index in [0.717, 1.165) is 18.7 Å². The van der Waals surface area contributed by atoms with Crippen LogP contribution in [0.2, 0.25) is 0 Å². The fourth-order valence-electron chi connectivity index (χ4n) is 1.55. The highest BCUT2D eigenvalue weighted by Gasteiger charge is 2.10. The van der Waals surface area contributed by atoms with Crippen LogP contribution in [0.3, 0.4) is 0 Å². The number of aryl methyl sites for hydroxylation is 2. The fraction of sp³-hybridized carbons (Fsp3) is 0.364. The van der Waals surface area contributed by atoms with Crippen molar-refractivity contribution in [2.24, 2.45) is 0 Å². The lowest BCUT2D eigenvalue weighted by molar-refractivity contribution is 0.0947. The van der Waals surface area contributed by atoms with Crippen LogP contribution in [-0.4, -0.2) is 32.4 Å². The second-order valence-corrected chi connectivity index (χ2v) is 4.78. The number of aromatic nitrogens is 4. The number of H-pyrrole nitrogens is 1. The highest BCUT2D eigenvalue weighted by Crippen LogP contribution is 2.11. The Morgan fingerprint density at radius 2 is 2.44 bits per heavy atom. The molecule has 0 saturated heterocycles. The summed E-state index contributed by atoms with van der Waals surface area (Å²) in [6.45, 7) is 3.34. The molecule has 2 heterocycles. The molecule has 2 aromatic heterocycles. The first-order valence-electron chi connectivity index (χ1n) is 5.64. The van der Waals surface area contributed by atoms with Gasteiger partial charge in [0, 0.05) is 19.3 Å². The first-order chi connectivity index (χ1) is 8.66. The van der Waals surface area contributed by atoms with Crippen LogP contribution in [0.1, 0.15) is 22.6 Å². The van der Waals surface area contributed by atoms with Crippen molar-refractivity contribution in [2.75, 3.05) is 6.54 Å². The van der Waals surface area contributed by atoms with E-state index in [0.29, 0.717) is 16.7 Å². The van der Waals surface area contributed by atoms with E-state index in [9.17, 15) is 4.79 Å². The van der Waals surface area contributed by atoms with Gasteiger partial charge in [-0.15, -0.1) is 0 Å². The Morgan fingerprint density at radius 3 is 3.06 bits per heavy atom. The zero-order chi connectivity index (χ0) is 13.0. The Kier molecular flexibility index (Phi) is 4.14. The molecule has 0 fully saturated rings. The van der Waals surface area contributed by atoms with Gasteiger partial charge < -0.3 is 5.32 Å². The molecule has 7 heteroatoms. The minimum atomic E-state index is -0.156. The van der Waals surface area contributed by atoms with Gasteiger partial charge in [-0.2, -0.15) is 10.2 Å². The molecule has 0 aromatic carbocycles. The first kappa shape index (κ1) is 12.8. The van der Waals surface area contributed by atoms with Crippen molar-refractivity contribution in [3.05, 3.63) is 34.3 Å². The largest absolute Gasteiger partial charge is 0.351 e. The third-order valence-corrected chi connectivity index (χ3v) is 3.04. The lowest BCUT2D eigenvalue weighted by Gasteiger charge is -2.04. The zero-order valence-corrected chi connectivity index (χ0v) is 11.6. The zero-order valence-electron chi connectivity index (χ0n) is 9.98. The van der Waals surface area contributed by atoms with Gasteiger partial charge in [0.2, 0.25) is 0 Å². The number of aromatic amines is 1. The van der Waals surface area contributed by atoms with Gasteiger partial charge in [-0.05, 0) is 35.3 Å². The van der Waals surface area contributed by atoms with E-state index in [2.05, 4.69) is 36.5 Å². The number of nitrogens with one attached hydrogen (secondary N) is 2. The van der Waals surface area contributed by atoms with Crippen LogP contribution in [0, 0.1) is 6.92 Å². The Hall–Kier alpha value is -1.63. The maximum atomic E-state index is 11.7. The maximum absolute atomic E-state index is 11.7. The number of carbonyl (C=O) groups is 1. The van der Waals surface area contributed by atoms with Crippen LogP contribution < -0.4 is 5.32 Å². The molecule has 0 bridgehead atoms. The molecule has 6 nitrogen and oxygen atoms in total. The monoisotopic (exact) mass is 311 g/mol. The van der Waals surface area contributed by atoms with E-state index < -0.39 is 0 Å². The summed E-state index contributed by atoms with van der Waals surface area (Å²) in [5, 5.41) is 13.5. The number of rotatable bonds is 5. The molecule has 0 aliphatic rings. The number of hydrogen-bond donors (Lipinski definition) is 2. The average Bonchev–Trinajstić information content (AvgIpc) is 2.93. The van der Waals surface area contributed by atoms with Crippen molar-refractivity contribution in [2.45, 2.75) is 19.9 Å². The molecule has 0 aliphatic heterocycles. The second kappa shape index (κ2) is 5.81. The summed E-state index contributed by atoms with van der Waals surface area (Å²) in [6.07, 6.45) is 4.32. The van der Waals surface area contributed by atoms with Crippen LogP contribution in [0.4, 0.5) is 0 Å². The van der Waals surface area contributed by atoms with E-state index in [1.165, 1.54) is 0 Å². The Morgan fingerprint density at radius 1 is 1.61 bits per heavy atom. The summed E-state index contributed by atoms with van der Waals surface area (Å²) in [4.78, 5) is 11.7. The predicted octanol–water partition coefficient (Wildman–Crippen LogP) is 1.50. The maximum Gasteiger partial charge on any atom is 0.270 e. The molecule has 2 rings (SSSR count). The number of nitrogens with zero attached hydrogens (tertiary/aromatic N) is 3. The van der Waals surface area contributed by atoms with Gasteiger partial charge in [0.05, 0.1) is 16.4 Å². The SMILES string of the molecule is Cc1ccn(CCCNC(=O)c2[nH]ncc2Br)n1. The summed E-state index contributed by atoms with van der Waals surface area (Å²) >= 11 is 3.25. The molecule has 0 saturated carbocycles. The molecule has 2 N–H and O–H groups in total. The summed E-state index contributed by atoms with van der Waals surface area (Å²) in [7, 11) is 0. The second-order valence-electron chi connectivity index (χ2n) is 3.92. The van der Waals surface area contributed by atoms with Crippen LogP contribution in [0.15, 0.2) is 22.9 Å². The van der Waals surface area contributed by atoms with Crippen molar-refractivity contribution in [3.63, 3.8) is 0 Å². The van der Waals surface area contributed by atoms with Crippen molar-refractivity contribution in [3.8, 4) is 0 Å². The Labute approximate surface area is 113 Å². The van der Waals surface area contributed by atoms with E-state index >= 15 is 0 Å². The standard InChI is InChI=1S/C11H14BrN5O/c1-8-3-6-17(16-8)5-2-4-13-11(18)10-9(12)7-14-15-10/h3,6-7H,2,4-5H2,1H3,(H,13,18)(H,14,15).